The van der Waals surface area contributed by atoms with E-state index in [1.165, 1.54) is 12.1 Å². The maximum Gasteiger partial charge on any atom is 0.272 e. The molecule has 0 unspecified atom stereocenters. The largest absolute Gasteiger partial charge is 0.497 e. The van der Waals surface area contributed by atoms with Crippen molar-refractivity contribution >= 4 is 38.4 Å². The van der Waals surface area contributed by atoms with Gasteiger partial charge < -0.3 is 15.0 Å². The van der Waals surface area contributed by atoms with Gasteiger partial charge in [-0.2, -0.15) is 0 Å². The van der Waals surface area contributed by atoms with Gasteiger partial charge in [0.15, 0.2) is 0 Å². The Morgan fingerprint density at radius 2 is 2.03 bits per heavy atom. The third-order valence-electron chi connectivity index (χ3n) is 4.60. The van der Waals surface area contributed by atoms with Crippen molar-refractivity contribution in [3.63, 3.8) is 0 Å². The van der Waals surface area contributed by atoms with E-state index in [1.54, 1.807) is 31.4 Å². The molecule has 0 fully saturated rings. The van der Waals surface area contributed by atoms with Crippen LogP contribution < -0.4 is 14.8 Å². The number of methoxy groups -OCH3 is 1. The third-order valence-corrected chi connectivity index (χ3v) is 5.98. The molecule has 0 aliphatic carbocycles. The number of sulfonamides is 1. The summed E-state index contributed by atoms with van der Waals surface area (Å²) in [6.07, 6.45) is 1.45. The summed E-state index contributed by atoms with van der Waals surface area (Å²) in [7, 11) is -2.17. The molecule has 2 aromatic carbocycles. The summed E-state index contributed by atoms with van der Waals surface area (Å²) < 4.78 is 32.8. The Hall–Kier alpha value is -3.33. The number of aromatic nitrogens is 1. The first-order valence-electron chi connectivity index (χ1n) is 9.09. The molecule has 0 radical (unpaired) electrons. The molecule has 0 atom stereocenters. The summed E-state index contributed by atoms with van der Waals surface area (Å²) in [5, 5.41) is 3.60. The van der Waals surface area contributed by atoms with Gasteiger partial charge in [0.05, 0.1) is 12.0 Å². The number of ether oxygens (including phenoxy) is 1. The first-order valence-corrected chi connectivity index (χ1v) is 10.6. The van der Waals surface area contributed by atoms with E-state index in [4.69, 9.17) is 4.74 Å². The van der Waals surface area contributed by atoms with Gasteiger partial charge in [0.1, 0.15) is 17.3 Å². The predicted octanol–water partition coefficient (Wildman–Crippen LogP) is 2.90. The van der Waals surface area contributed by atoms with Crippen molar-refractivity contribution in [2.24, 2.45) is 4.99 Å². The lowest BCUT2D eigenvalue weighted by molar-refractivity contribution is 0.102. The number of nitrogens with one attached hydrogen (secondary N) is 3. The van der Waals surface area contributed by atoms with Gasteiger partial charge >= 0.3 is 0 Å². The van der Waals surface area contributed by atoms with Gasteiger partial charge in [-0.3, -0.25) is 14.5 Å². The fraction of sp³-hybridized carbons (Fsp3) is 0.200. The fourth-order valence-corrected chi connectivity index (χ4v) is 4.27. The maximum absolute atomic E-state index is 12.6. The molecule has 0 saturated heterocycles. The zero-order chi connectivity index (χ0) is 20.4. The summed E-state index contributed by atoms with van der Waals surface area (Å²) in [6, 6.07) is 13.3. The van der Waals surface area contributed by atoms with Crippen molar-refractivity contribution < 1.29 is 17.9 Å². The second kappa shape index (κ2) is 7.59. The summed E-state index contributed by atoms with van der Waals surface area (Å²) in [4.78, 5) is 19.9. The lowest BCUT2D eigenvalue weighted by Gasteiger charge is -2.09. The molecule has 150 valence electrons. The van der Waals surface area contributed by atoms with Gasteiger partial charge in [0.25, 0.3) is 15.9 Å². The summed E-state index contributed by atoms with van der Waals surface area (Å²) in [6.45, 7) is 0.629. The predicted molar refractivity (Wildman–Crippen MR) is 111 cm³/mol. The molecule has 2 heterocycles. The van der Waals surface area contributed by atoms with E-state index in [-0.39, 0.29) is 10.8 Å². The van der Waals surface area contributed by atoms with Gasteiger partial charge in [-0.1, -0.05) is 6.07 Å². The van der Waals surface area contributed by atoms with Crippen LogP contribution >= 0.6 is 0 Å². The number of hydrogen-bond donors (Lipinski definition) is 3. The van der Waals surface area contributed by atoms with Crippen LogP contribution in [0.5, 0.6) is 5.75 Å². The molecule has 4 rings (SSSR count). The first-order chi connectivity index (χ1) is 13.9. The first kappa shape index (κ1) is 19.0. The molecular weight excluding hydrogens is 392 g/mol. The number of aromatic amines is 1. The quantitative estimate of drug-likeness (QED) is 0.598. The molecule has 8 nitrogen and oxygen atoms in total. The van der Waals surface area contributed by atoms with Crippen molar-refractivity contribution in [2.45, 2.75) is 17.7 Å². The molecule has 3 N–H and O–H groups in total. The molecule has 0 saturated carbocycles. The highest BCUT2D eigenvalue weighted by Gasteiger charge is 2.19. The number of benzene rings is 2. The number of carbonyl (C=O) groups excluding carboxylic acids is 1. The molecule has 3 aromatic rings. The summed E-state index contributed by atoms with van der Waals surface area (Å²) >= 11 is 0. The van der Waals surface area contributed by atoms with Crippen molar-refractivity contribution in [3.8, 4) is 5.75 Å². The van der Waals surface area contributed by atoms with E-state index in [0.29, 0.717) is 35.9 Å². The summed E-state index contributed by atoms with van der Waals surface area (Å²) in [5.74, 6) is 0.777. The van der Waals surface area contributed by atoms with E-state index >= 15 is 0 Å². The Labute approximate surface area is 168 Å². The Morgan fingerprint density at radius 1 is 1.17 bits per heavy atom. The number of amides is 1. The van der Waals surface area contributed by atoms with Crippen molar-refractivity contribution in [3.05, 3.63) is 54.2 Å². The highest BCUT2D eigenvalue weighted by atomic mass is 32.2. The van der Waals surface area contributed by atoms with Crippen LogP contribution in [0.2, 0.25) is 0 Å². The lowest BCUT2D eigenvalue weighted by Crippen LogP contribution is -2.29. The van der Waals surface area contributed by atoms with Crippen LogP contribution in [0, 0.1) is 0 Å². The Kier molecular flexibility index (Phi) is 4.98. The van der Waals surface area contributed by atoms with Crippen LogP contribution in [0.1, 0.15) is 23.3 Å². The van der Waals surface area contributed by atoms with Gasteiger partial charge in [0, 0.05) is 35.6 Å². The molecule has 1 amide bonds. The van der Waals surface area contributed by atoms with E-state index in [9.17, 15) is 13.2 Å². The second-order valence-corrected chi connectivity index (χ2v) is 8.34. The van der Waals surface area contributed by atoms with Crippen LogP contribution in [0.4, 0.5) is 5.69 Å². The lowest BCUT2D eigenvalue weighted by atomic mass is 10.2. The monoisotopic (exact) mass is 412 g/mol. The molecule has 1 aliphatic rings. The van der Waals surface area contributed by atoms with Crippen LogP contribution in [0.15, 0.2) is 58.4 Å². The number of H-pyrrole nitrogens is 1. The SMILES string of the molecule is COc1ccc2cc(C(=O)Nc3cccc(S(=O)(=O)NC4=NCCC4)c3)[nH]c2c1. The van der Waals surface area contributed by atoms with Crippen LogP contribution in [0.25, 0.3) is 10.9 Å². The van der Waals surface area contributed by atoms with Gasteiger partial charge in [-0.25, -0.2) is 8.42 Å². The van der Waals surface area contributed by atoms with Gasteiger partial charge in [-0.15, -0.1) is 0 Å². The van der Waals surface area contributed by atoms with E-state index in [2.05, 4.69) is 20.0 Å². The normalized spacial score (nSPS) is 13.9. The number of aliphatic imine (C=N–C) groups is 1. The number of rotatable bonds is 5. The van der Waals surface area contributed by atoms with Crippen molar-refractivity contribution in [1.29, 1.82) is 0 Å². The molecule has 29 heavy (non-hydrogen) atoms. The minimum absolute atomic E-state index is 0.0614. The maximum atomic E-state index is 12.6. The third kappa shape index (κ3) is 4.09. The Morgan fingerprint density at radius 3 is 2.79 bits per heavy atom. The topological polar surface area (TPSA) is 113 Å². The van der Waals surface area contributed by atoms with Gasteiger partial charge in [-0.05, 0) is 42.8 Å². The Bertz CT molecular complexity index is 1210. The van der Waals surface area contributed by atoms with E-state index in [1.807, 2.05) is 12.1 Å². The molecule has 1 aromatic heterocycles. The van der Waals surface area contributed by atoms with Crippen molar-refractivity contribution in [2.75, 3.05) is 19.0 Å². The van der Waals surface area contributed by atoms with E-state index < -0.39 is 10.0 Å². The van der Waals surface area contributed by atoms with E-state index in [0.717, 1.165) is 17.3 Å². The minimum Gasteiger partial charge on any atom is -0.497 e. The molecule has 0 spiro atoms. The highest BCUT2D eigenvalue weighted by Crippen LogP contribution is 2.22. The van der Waals surface area contributed by atoms with Crippen LogP contribution in [-0.2, 0) is 10.0 Å². The average Bonchev–Trinajstić information content (AvgIpc) is 3.36. The molecular formula is C20H20N4O4S. The second-order valence-electron chi connectivity index (χ2n) is 6.66. The molecule has 0 bridgehead atoms. The standard InChI is InChI=1S/C20H20N4O4S/c1-28-15-8-7-13-10-18(23-17(13)12-15)20(25)22-14-4-2-5-16(11-14)29(26,27)24-19-6-3-9-21-19/h2,4-5,7-8,10-12,23H,3,6,9H2,1H3,(H,21,24)(H,22,25). The number of amidine groups is 1. The Balaban J connectivity index is 1.53. The number of anilines is 1. The number of hydrogen-bond acceptors (Lipinski definition) is 5. The minimum atomic E-state index is -3.75. The average molecular weight is 412 g/mol. The number of carbonyl (C=O) groups is 1. The number of fused-ring (bicyclic) bond motifs is 1. The van der Waals surface area contributed by atoms with Gasteiger partial charge in [0.2, 0.25) is 0 Å². The van der Waals surface area contributed by atoms with Crippen LogP contribution in [-0.4, -0.2) is 38.8 Å². The zero-order valence-corrected chi connectivity index (χ0v) is 16.5. The molecule has 1 aliphatic heterocycles. The summed E-state index contributed by atoms with van der Waals surface area (Å²) in [5.41, 5.74) is 1.51. The fourth-order valence-electron chi connectivity index (χ4n) is 3.13. The highest BCUT2D eigenvalue weighted by molar-refractivity contribution is 7.90. The van der Waals surface area contributed by atoms with Crippen LogP contribution in [0.3, 0.4) is 0 Å². The smallest absolute Gasteiger partial charge is 0.272 e. The zero-order valence-electron chi connectivity index (χ0n) is 15.7. The van der Waals surface area contributed by atoms with Crippen molar-refractivity contribution in [1.82, 2.24) is 9.71 Å². The number of nitrogens with zero attached hydrogens (tertiary/aromatic N) is 1. The molecule has 9 heteroatoms.